The molecule has 0 amide bonds. The van der Waals surface area contributed by atoms with Gasteiger partial charge in [0, 0.05) is 6.20 Å². The molecule has 1 aliphatic heterocycles. The smallest absolute Gasteiger partial charge is 0.199 e. The maximum atomic E-state index is 12.5. The maximum absolute atomic E-state index is 12.5. The molecule has 0 spiro atoms. The van der Waals surface area contributed by atoms with Gasteiger partial charge < -0.3 is 0 Å². The first kappa shape index (κ1) is 9.48. The number of nitrogens with zero attached hydrogens (tertiary/aromatic N) is 2. The van der Waals surface area contributed by atoms with Crippen LogP contribution in [0.2, 0.25) is 0 Å². The molecule has 3 heteroatoms. The van der Waals surface area contributed by atoms with Gasteiger partial charge in [0.1, 0.15) is 0 Å². The van der Waals surface area contributed by atoms with E-state index in [9.17, 15) is 4.79 Å². The summed E-state index contributed by atoms with van der Waals surface area (Å²) in [5, 5.41) is 2.02. The van der Waals surface area contributed by atoms with E-state index in [1.807, 2.05) is 30.3 Å². The van der Waals surface area contributed by atoms with E-state index in [0.717, 1.165) is 16.1 Å². The van der Waals surface area contributed by atoms with Gasteiger partial charge in [-0.1, -0.05) is 24.3 Å². The molecule has 0 unspecified atom stereocenters. The van der Waals surface area contributed by atoms with E-state index in [0.29, 0.717) is 17.0 Å². The standard InChI is InChI=1S/C15H8N2O/c18-14-11-6-3-7-16-15(11)17-12-8-9-4-1-2-5-10(9)13(12)14/h1-8H. The van der Waals surface area contributed by atoms with Crippen molar-refractivity contribution in [2.75, 3.05) is 0 Å². The minimum Gasteiger partial charge on any atom is -0.288 e. The number of rotatable bonds is 0. The number of carbonyl (C=O) groups excluding carboxylic acids is 1. The van der Waals surface area contributed by atoms with Crippen LogP contribution in [0.1, 0.15) is 10.4 Å². The lowest BCUT2D eigenvalue weighted by Crippen LogP contribution is -2.26. The van der Waals surface area contributed by atoms with Crippen molar-refractivity contribution in [2.45, 2.75) is 0 Å². The van der Waals surface area contributed by atoms with E-state index in [1.165, 1.54) is 0 Å². The van der Waals surface area contributed by atoms with Gasteiger partial charge in [0.25, 0.3) is 0 Å². The van der Waals surface area contributed by atoms with Crippen molar-refractivity contribution < 1.29 is 4.79 Å². The van der Waals surface area contributed by atoms with Gasteiger partial charge >= 0.3 is 0 Å². The number of ketones is 1. The normalized spacial score (nSPS) is 15.4. The van der Waals surface area contributed by atoms with E-state index in [4.69, 9.17) is 0 Å². The van der Waals surface area contributed by atoms with Gasteiger partial charge in [-0.2, -0.15) is 0 Å². The second kappa shape index (κ2) is 3.23. The summed E-state index contributed by atoms with van der Waals surface area (Å²) in [6, 6.07) is 11.4. The van der Waals surface area contributed by atoms with Crippen LogP contribution in [-0.2, 0) is 0 Å². The minimum atomic E-state index is 0.0179. The fraction of sp³-hybridized carbons (Fsp3) is 0. The number of pyridine rings is 1. The molecule has 84 valence electrons. The monoisotopic (exact) mass is 232 g/mol. The zero-order chi connectivity index (χ0) is 12.1. The van der Waals surface area contributed by atoms with E-state index in [1.54, 1.807) is 18.3 Å². The van der Waals surface area contributed by atoms with Crippen molar-refractivity contribution in [1.29, 1.82) is 0 Å². The van der Waals surface area contributed by atoms with Crippen LogP contribution in [0.15, 0.2) is 47.6 Å². The molecule has 0 saturated heterocycles. The summed E-state index contributed by atoms with van der Waals surface area (Å²) in [7, 11) is 0. The predicted octanol–water partition coefficient (Wildman–Crippen LogP) is 0.995. The van der Waals surface area contributed by atoms with Gasteiger partial charge in [-0.05, 0) is 28.6 Å². The van der Waals surface area contributed by atoms with E-state index < -0.39 is 0 Å². The van der Waals surface area contributed by atoms with Crippen LogP contribution >= 0.6 is 0 Å². The fourth-order valence-electron chi connectivity index (χ4n) is 2.45. The Morgan fingerprint density at radius 2 is 1.89 bits per heavy atom. The molecule has 1 aliphatic carbocycles. The zero-order valence-electron chi connectivity index (χ0n) is 9.42. The van der Waals surface area contributed by atoms with Gasteiger partial charge in [-0.25, -0.2) is 9.98 Å². The van der Waals surface area contributed by atoms with E-state index >= 15 is 0 Å². The quantitative estimate of drug-likeness (QED) is 0.680. The van der Waals surface area contributed by atoms with Crippen molar-refractivity contribution in [3.63, 3.8) is 0 Å². The third-order valence-electron chi connectivity index (χ3n) is 3.26. The molecule has 0 N–H and O–H groups in total. The number of carbonyl (C=O) groups is 1. The fourth-order valence-corrected chi connectivity index (χ4v) is 2.45. The van der Waals surface area contributed by atoms with Crippen LogP contribution in [0, 0.1) is 0 Å². The molecule has 2 aliphatic rings. The average Bonchev–Trinajstić information content (AvgIpc) is 2.77. The summed E-state index contributed by atoms with van der Waals surface area (Å²) < 4.78 is 0. The van der Waals surface area contributed by atoms with E-state index in [2.05, 4.69) is 9.98 Å². The molecule has 2 aromatic rings. The number of aromatic nitrogens is 1. The second-order valence-corrected chi connectivity index (χ2v) is 4.31. The lowest BCUT2D eigenvalue weighted by molar-refractivity contribution is 0.105. The Labute approximate surface area is 103 Å². The average molecular weight is 232 g/mol. The van der Waals surface area contributed by atoms with Crippen molar-refractivity contribution >= 4 is 29.0 Å². The third kappa shape index (κ3) is 1.10. The number of Topliss-reactive ketones (excluding diaryl/α,β-unsaturated/α-hetero) is 1. The lowest BCUT2D eigenvalue weighted by Gasteiger charge is -2.12. The highest BCUT2D eigenvalue weighted by Crippen LogP contribution is 2.27. The minimum absolute atomic E-state index is 0.0179. The summed E-state index contributed by atoms with van der Waals surface area (Å²) in [6.07, 6.45) is 3.60. The van der Waals surface area contributed by atoms with Crippen molar-refractivity contribution in [3.8, 4) is 0 Å². The molecular formula is C15H8N2O. The Balaban J connectivity index is 2.15. The predicted molar refractivity (Wildman–Crippen MR) is 69.2 cm³/mol. The topological polar surface area (TPSA) is 42.3 Å². The number of hydrogen-bond donors (Lipinski definition) is 0. The Hall–Kier alpha value is -2.55. The molecule has 18 heavy (non-hydrogen) atoms. The lowest BCUT2D eigenvalue weighted by atomic mass is 9.98. The molecule has 3 nitrogen and oxygen atoms in total. The molecular weight excluding hydrogens is 224 g/mol. The molecule has 1 aromatic carbocycles. The van der Waals surface area contributed by atoms with E-state index in [-0.39, 0.29) is 5.78 Å². The summed E-state index contributed by atoms with van der Waals surface area (Å²) >= 11 is 0. The Bertz CT molecular complexity index is 847. The SMILES string of the molecule is O=C1C2=c3ccccc3=CC2=Nc2ncccc21. The number of aliphatic imine (C=N–C) groups is 1. The van der Waals surface area contributed by atoms with Gasteiger partial charge in [0.05, 0.1) is 16.8 Å². The van der Waals surface area contributed by atoms with Crippen LogP contribution < -0.4 is 10.4 Å². The molecule has 1 aromatic heterocycles. The largest absolute Gasteiger partial charge is 0.288 e. The molecule has 2 heterocycles. The molecule has 0 radical (unpaired) electrons. The summed E-state index contributed by atoms with van der Waals surface area (Å²) in [5.74, 6) is 0.537. The maximum Gasteiger partial charge on any atom is 0.199 e. The first-order chi connectivity index (χ1) is 8.84. The first-order valence-corrected chi connectivity index (χ1v) is 5.74. The number of hydrogen-bond acceptors (Lipinski definition) is 3. The summed E-state index contributed by atoms with van der Waals surface area (Å²) in [6.45, 7) is 0. The zero-order valence-corrected chi connectivity index (χ0v) is 9.42. The second-order valence-electron chi connectivity index (χ2n) is 4.31. The number of benzene rings is 1. The Morgan fingerprint density at radius 3 is 2.83 bits per heavy atom. The Morgan fingerprint density at radius 1 is 1.00 bits per heavy atom. The molecule has 0 bridgehead atoms. The molecule has 4 rings (SSSR count). The van der Waals surface area contributed by atoms with Gasteiger partial charge in [0.15, 0.2) is 11.6 Å². The van der Waals surface area contributed by atoms with Gasteiger partial charge in [-0.15, -0.1) is 0 Å². The molecule has 0 fully saturated rings. The van der Waals surface area contributed by atoms with Crippen LogP contribution in [0.4, 0.5) is 5.82 Å². The Kier molecular flexibility index (Phi) is 1.70. The van der Waals surface area contributed by atoms with Crippen molar-refractivity contribution in [3.05, 3.63) is 58.6 Å². The van der Waals surface area contributed by atoms with Gasteiger partial charge in [0.2, 0.25) is 0 Å². The number of fused-ring (bicyclic) bond motifs is 3. The molecule has 0 atom stereocenters. The highest BCUT2D eigenvalue weighted by atomic mass is 16.1. The summed E-state index contributed by atoms with van der Waals surface area (Å²) in [5.41, 5.74) is 2.01. The summed E-state index contributed by atoms with van der Waals surface area (Å²) in [4.78, 5) is 21.1. The first-order valence-electron chi connectivity index (χ1n) is 5.74. The third-order valence-corrected chi connectivity index (χ3v) is 3.26. The highest BCUT2D eigenvalue weighted by Gasteiger charge is 2.28. The molecule has 0 saturated carbocycles. The van der Waals surface area contributed by atoms with Crippen LogP contribution in [0.3, 0.4) is 0 Å². The van der Waals surface area contributed by atoms with Crippen LogP contribution in [0.25, 0.3) is 11.6 Å². The van der Waals surface area contributed by atoms with Crippen molar-refractivity contribution in [1.82, 2.24) is 4.98 Å². The van der Waals surface area contributed by atoms with Crippen molar-refractivity contribution in [2.24, 2.45) is 4.99 Å². The van der Waals surface area contributed by atoms with Crippen LogP contribution in [0.5, 0.6) is 0 Å². The van der Waals surface area contributed by atoms with Gasteiger partial charge in [-0.3, -0.25) is 4.79 Å². The highest BCUT2D eigenvalue weighted by molar-refractivity contribution is 6.57. The van der Waals surface area contributed by atoms with Crippen LogP contribution in [-0.4, -0.2) is 16.5 Å².